The Bertz CT molecular complexity index is 631. The van der Waals surface area contributed by atoms with Crippen LogP contribution in [0.5, 0.6) is 0 Å². The van der Waals surface area contributed by atoms with Crippen LogP contribution in [0.25, 0.3) is 0 Å². The second kappa shape index (κ2) is 6.52. The van der Waals surface area contributed by atoms with Gasteiger partial charge in [0, 0.05) is 11.4 Å². The number of amides is 1. The molecule has 3 nitrogen and oxygen atoms in total. The molecular weight excluding hydrogens is 323 g/mol. The number of nitrogens with one attached hydrogen (secondary N) is 2. The molecule has 2 N–H and O–H groups in total. The number of carbonyl (C=O) groups is 1. The number of hydrogen-bond donors (Lipinski definition) is 2. The van der Waals surface area contributed by atoms with Gasteiger partial charge < -0.3 is 10.6 Å². The molecule has 0 aliphatic heterocycles. The van der Waals surface area contributed by atoms with Crippen LogP contribution in [0.3, 0.4) is 0 Å². The quantitative estimate of drug-likeness (QED) is 0.887. The number of para-hydroxylation sites is 1. The molecule has 0 aromatic heterocycles. The summed E-state index contributed by atoms with van der Waals surface area (Å²) in [6.07, 6.45) is 0. The molecule has 0 radical (unpaired) electrons. The Hall–Kier alpha value is -1.88. The zero-order valence-corrected chi connectivity index (χ0v) is 12.5. The summed E-state index contributed by atoms with van der Waals surface area (Å²) in [5, 5.41) is 5.68. The molecule has 0 atom stereocenters. The molecule has 0 saturated heterocycles. The lowest BCUT2D eigenvalue weighted by Gasteiger charge is -2.10. The monoisotopic (exact) mass is 336 g/mol. The first-order valence-electron chi connectivity index (χ1n) is 6.10. The minimum Gasteiger partial charge on any atom is -0.376 e. The lowest BCUT2D eigenvalue weighted by Crippen LogP contribution is -2.22. The van der Waals surface area contributed by atoms with E-state index in [2.05, 4.69) is 26.6 Å². The van der Waals surface area contributed by atoms with Crippen molar-refractivity contribution in [1.29, 1.82) is 0 Å². The fourth-order valence-electron chi connectivity index (χ4n) is 1.70. The zero-order valence-electron chi connectivity index (χ0n) is 10.9. The molecule has 0 unspecified atom stereocenters. The Labute approximate surface area is 125 Å². The van der Waals surface area contributed by atoms with Gasteiger partial charge in [-0.25, -0.2) is 4.39 Å². The lowest BCUT2D eigenvalue weighted by molar-refractivity contribution is -0.114. The van der Waals surface area contributed by atoms with E-state index in [1.54, 1.807) is 12.1 Å². The highest BCUT2D eigenvalue weighted by molar-refractivity contribution is 9.10. The summed E-state index contributed by atoms with van der Waals surface area (Å²) < 4.78 is 13.7. The van der Waals surface area contributed by atoms with Gasteiger partial charge in [0.2, 0.25) is 5.91 Å². The summed E-state index contributed by atoms with van der Waals surface area (Å²) in [4.78, 5) is 11.8. The SMILES string of the molecule is Cc1ccccc1NC(=O)CNc1ccc(Br)c(F)c1. The average molecular weight is 337 g/mol. The van der Waals surface area contributed by atoms with Gasteiger partial charge >= 0.3 is 0 Å². The molecule has 0 bridgehead atoms. The van der Waals surface area contributed by atoms with E-state index in [0.717, 1.165) is 11.3 Å². The molecule has 0 aliphatic carbocycles. The van der Waals surface area contributed by atoms with Crippen LogP contribution in [0.2, 0.25) is 0 Å². The van der Waals surface area contributed by atoms with Gasteiger partial charge in [-0.3, -0.25) is 4.79 Å². The maximum atomic E-state index is 13.3. The van der Waals surface area contributed by atoms with Gasteiger partial charge in [0.25, 0.3) is 0 Å². The summed E-state index contributed by atoms with van der Waals surface area (Å²) in [5.74, 6) is -0.545. The molecule has 104 valence electrons. The normalized spacial score (nSPS) is 10.2. The van der Waals surface area contributed by atoms with Gasteiger partial charge in [-0.05, 0) is 52.7 Å². The smallest absolute Gasteiger partial charge is 0.243 e. The van der Waals surface area contributed by atoms with Gasteiger partial charge in [0.15, 0.2) is 0 Å². The largest absolute Gasteiger partial charge is 0.376 e. The first-order chi connectivity index (χ1) is 9.56. The molecule has 0 saturated carbocycles. The molecule has 5 heteroatoms. The maximum Gasteiger partial charge on any atom is 0.243 e. The molecule has 2 aromatic rings. The van der Waals surface area contributed by atoms with Crippen molar-refractivity contribution < 1.29 is 9.18 Å². The second-order valence-electron chi connectivity index (χ2n) is 4.35. The fraction of sp³-hybridized carbons (Fsp3) is 0.133. The molecule has 0 aliphatic rings. The fourth-order valence-corrected chi connectivity index (χ4v) is 1.94. The molecule has 1 amide bonds. The van der Waals surface area contributed by atoms with Crippen molar-refractivity contribution in [2.75, 3.05) is 17.2 Å². The van der Waals surface area contributed by atoms with Crippen LogP contribution in [0.15, 0.2) is 46.9 Å². The van der Waals surface area contributed by atoms with Crippen molar-refractivity contribution >= 4 is 33.2 Å². The third-order valence-electron chi connectivity index (χ3n) is 2.79. The third-order valence-corrected chi connectivity index (χ3v) is 3.43. The van der Waals surface area contributed by atoms with Gasteiger partial charge in [-0.15, -0.1) is 0 Å². The molecular formula is C15H14BrFN2O. The number of anilines is 2. The van der Waals surface area contributed by atoms with Crippen LogP contribution in [0.4, 0.5) is 15.8 Å². The topological polar surface area (TPSA) is 41.1 Å². The van der Waals surface area contributed by atoms with Crippen molar-refractivity contribution in [2.24, 2.45) is 0 Å². The van der Waals surface area contributed by atoms with Crippen molar-refractivity contribution in [3.63, 3.8) is 0 Å². The highest BCUT2D eigenvalue weighted by Gasteiger charge is 2.05. The molecule has 20 heavy (non-hydrogen) atoms. The van der Waals surface area contributed by atoms with Crippen LogP contribution in [-0.2, 0) is 4.79 Å². The molecule has 0 fully saturated rings. The summed E-state index contributed by atoms with van der Waals surface area (Å²) >= 11 is 3.08. The number of aryl methyl sites for hydroxylation is 1. The van der Waals surface area contributed by atoms with E-state index < -0.39 is 0 Å². The summed E-state index contributed by atoms with van der Waals surface area (Å²) in [5.41, 5.74) is 2.34. The average Bonchev–Trinajstić information content (AvgIpc) is 2.43. The standard InChI is InChI=1S/C15H14BrFN2O/c1-10-4-2-3-5-14(10)19-15(20)9-18-11-6-7-12(16)13(17)8-11/h2-8,18H,9H2,1H3,(H,19,20). The van der Waals surface area contributed by atoms with E-state index in [-0.39, 0.29) is 18.3 Å². The number of hydrogen-bond acceptors (Lipinski definition) is 2. The van der Waals surface area contributed by atoms with E-state index >= 15 is 0 Å². The Morgan fingerprint density at radius 2 is 2.00 bits per heavy atom. The number of rotatable bonds is 4. The van der Waals surface area contributed by atoms with Crippen molar-refractivity contribution in [3.05, 3.63) is 58.3 Å². The van der Waals surface area contributed by atoms with Crippen molar-refractivity contribution in [3.8, 4) is 0 Å². The second-order valence-corrected chi connectivity index (χ2v) is 5.20. The Balaban J connectivity index is 1.92. The van der Waals surface area contributed by atoms with Gasteiger partial charge in [-0.1, -0.05) is 18.2 Å². The molecule has 0 heterocycles. The zero-order chi connectivity index (χ0) is 14.5. The van der Waals surface area contributed by atoms with Crippen LogP contribution >= 0.6 is 15.9 Å². The third kappa shape index (κ3) is 3.81. The minimum atomic E-state index is -0.366. The van der Waals surface area contributed by atoms with Crippen LogP contribution in [0, 0.1) is 12.7 Å². The van der Waals surface area contributed by atoms with Gasteiger partial charge in [0.05, 0.1) is 11.0 Å². The first-order valence-corrected chi connectivity index (χ1v) is 6.90. The Morgan fingerprint density at radius 1 is 1.25 bits per heavy atom. The summed E-state index contributed by atoms with van der Waals surface area (Å²) in [7, 11) is 0. The van der Waals surface area contributed by atoms with E-state index in [4.69, 9.17) is 0 Å². The van der Waals surface area contributed by atoms with E-state index in [1.165, 1.54) is 6.07 Å². The number of halogens is 2. The van der Waals surface area contributed by atoms with Gasteiger partial charge in [-0.2, -0.15) is 0 Å². The molecule has 0 spiro atoms. The summed E-state index contributed by atoms with van der Waals surface area (Å²) in [6, 6.07) is 12.2. The molecule has 2 aromatic carbocycles. The number of carbonyl (C=O) groups excluding carboxylic acids is 1. The Morgan fingerprint density at radius 3 is 2.70 bits per heavy atom. The lowest BCUT2D eigenvalue weighted by atomic mass is 10.2. The van der Waals surface area contributed by atoms with Crippen molar-refractivity contribution in [2.45, 2.75) is 6.92 Å². The van der Waals surface area contributed by atoms with E-state index in [9.17, 15) is 9.18 Å². The number of benzene rings is 2. The van der Waals surface area contributed by atoms with E-state index in [0.29, 0.717) is 10.2 Å². The molecule has 2 rings (SSSR count). The highest BCUT2D eigenvalue weighted by atomic mass is 79.9. The maximum absolute atomic E-state index is 13.3. The Kier molecular flexibility index (Phi) is 4.74. The van der Waals surface area contributed by atoms with E-state index in [1.807, 2.05) is 31.2 Å². The predicted octanol–water partition coefficient (Wildman–Crippen LogP) is 3.95. The summed E-state index contributed by atoms with van der Waals surface area (Å²) in [6.45, 7) is 2.00. The van der Waals surface area contributed by atoms with Gasteiger partial charge in [0.1, 0.15) is 5.82 Å². The highest BCUT2D eigenvalue weighted by Crippen LogP contribution is 2.19. The van der Waals surface area contributed by atoms with Crippen molar-refractivity contribution in [1.82, 2.24) is 0 Å². The van der Waals surface area contributed by atoms with Crippen LogP contribution < -0.4 is 10.6 Å². The first kappa shape index (κ1) is 14.5. The predicted molar refractivity (Wildman–Crippen MR) is 82.4 cm³/mol. The van der Waals surface area contributed by atoms with Crippen LogP contribution in [-0.4, -0.2) is 12.5 Å². The van der Waals surface area contributed by atoms with Crippen LogP contribution in [0.1, 0.15) is 5.56 Å². The minimum absolute atomic E-state index is 0.0788.